The predicted octanol–water partition coefficient (Wildman–Crippen LogP) is 7.53. The van der Waals surface area contributed by atoms with E-state index in [2.05, 4.69) is 79.7 Å². The molecule has 0 bridgehead atoms. The van der Waals surface area contributed by atoms with E-state index in [1.54, 1.807) is 26.7 Å². The molecule has 1 aliphatic carbocycles. The van der Waals surface area contributed by atoms with Crippen molar-refractivity contribution in [3.8, 4) is 0 Å². The number of ether oxygens (including phenoxy) is 3. The van der Waals surface area contributed by atoms with Crippen molar-refractivity contribution < 1.29 is 24.4 Å². The van der Waals surface area contributed by atoms with Gasteiger partial charge < -0.3 is 34.6 Å². The average molecular weight is 642 g/mol. The summed E-state index contributed by atoms with van der Waals surface area (Å²) in [5, 5.41) is 20.3. The van der Waals surface area contributed by atoms with Crippen molar-refractivity contribution in [2.24, 2.45) is 5.92 Å². The molecule has 0 aliphatic heterocycles. The second-order valence-electron chi connectivity index (χ2n) is 10.1. The Morgan fingerprint density at radius 3 is 2.16 bits per heavy atom. The number of aliphatic hydroxyl groups excluding tert-OH is 2. The maximum Gasteiger partial charge on any atom is 0.123 e. The molecule has 45 heavy (non-hydrogen) atoms. The Labute approximate surface area is 279 Å². The van der Waals surface area contributed by atoms with Crippen LogP contribution in [-0.2, 0) is 14.2 Å². The molecule has 0 spiro atoms. The molecule has 3 N–H and O–H groups in total. The van der Waals surface area contributed by atoms with Crippen LogP contribution in [0.2, 0.25) is 0 Å². The van der Waals surface area contributed by atoms with E-state index in [0.717, 1.165) is 71.5 Å². The molecule has 0 aromatic heterocycles. The number of likely N-dealkylation sites (N-methyl/N-ethyl adjacent to an activating group) is 2. The first-order valence-corrected chi connectivity index (χ1v) is 17.2. The highest BCUT2D eigenvalue weighted by Crippen LogP contribution is 2.20. The lowest BCUT2D eigenvalue weighted by Crippen LogP contribution is -2.39. The van der Waals surface area contributed by atoms with Gasteiger partial charge in [-0.15, -0.1) is 0 Å². The SMILES string of the molecule is CC.CC.CCC=COC.CCCCCO/C=C/[C@H](C)N(CO)CC(C)CN(C)CC1=CCC=C(CNCC)C=C1OC.CO. The minimum absolute atomic E-state index is 0.0390. The van der Waals surface area contributed by atoms with Crippen LogP contribution < -0.4 is 5.32 Å². The van der Waals surface area contributed by atoms with Gasteiger partial charge in [0.1, 0.15) is 5.76 Å². The van der Waals surface area contributed by atoms with E-state index in [1.807, 2.05) is 39.8 Å². The van der Waals surface area contributed by atoms with Crippen LogP contribution in [0, 0.1) is 5.92 Å². The van der Waals surface area contributed by atoms with Crippen molar-refractivity contribution >= 4 is 0 Å². The summed E-state index contributed by atoms with van der Waals surface area (Å²) in [7, 11) is 6.55. The second kappa shape index (κ2) is 39.9. The average Bonchev–Trinajstić information content (AvgIpc) is 3.27. The van der Waals surface area contributed by atoms with Crippen LogP contribution >= 0.6 is 0 Å². The molecule has 8 heteroatoms. The van der Waals surface area contributed by atoms with Crippen LogP contribution in [0.5, 0.6) is 0 Å². The second-order valence-corrected chi connectivity index (χ2v) is 10.1. The standard InChI is InChI=1S/C27H49N3O3.C5H10O.2C2H6.CH4O/c1-7-9-10-15-33-16-14-24(4)30(22-31)20-23(3)19-29(5)21-26-13-11-12-25(18-28-8-2)17-27(26)32-6;1-3-4-5-6-2;3*1-2/h12-14,16-17,23-24,28,31H,7-11,15,18-22H2,1-6H3;4-5H,3H2,1-2H3;2*1-2H3;2H,1H3/b16-14+;;;;/t23?,24-;;;;/m0..../s1. The van der Waals surface area contributed by atoms with Gasteiger partial charge in [0.25, 0.3) is 0 Å². The topological polar surface area (TPSA) is 86.7 Å². The first-order chi connectivity index (χ1) is 21.9. The molecule has 1 rings (SSSR count). The van der Waals surface area contributed by atoms with E-state index in [4.69, 9.17) is 14.6 Å². The number of rotatable bonds is 20. The van der Waals surface area contributed by atoms with Crippen LogP contribution in [0.15, 0.2) is 59.8 Å². The minimum atomic E-state index is 0.0390. The van der Waals surface area contributed by atoms with E-state index >= 15 is 0 Å². The Bertz CT molecular complexity index is 744. The number of allylic oxidation sites excluding steroid dienone is 3. The zero-order valence-corrected chi connectivity index (χ0v) is 31.7. The summed E-state index contributed by atoms with van der Waals surface area (Å²) in [6.45, 7) is 23.9. The molecule has 0 saturated heterocycles. The third kappa shape index (κ3) is 30.3. The Morgan fingerprint density at radius 1 is 0.978 bits per heavy atom. The van der Waals surface area contributed by atoms with Crippen LogP contribution in [-0.4, -0.2) is 100 Å². The largest absolute Gasteiger partial charge is 0.505 e. The fourth-order valence-corrected chi connectivity index (χ4v) is 4.18. The molecule has 1 aliphatic rings. The summed E-state index contributed by atoms with van der Waals surface area (Å²) in [5.74, 6) is 1.36. The Kier molecular flexibility index (Phi) is 44.2. The van der Waals surface area contributed by atoms with Crippen molar-refractivity contribution in [2.75, 3.05) is 74.4 Å². The number of hydrogen-bond acceptors (Lipinski definition) is 8. The molecule has 0 radical (unpaired) electrons. The van der Waals surface area contributed by atoms with Gasteiger partial charge in [-0.3, -0.25) is 4.90 Å². The van der Waals surface area contributed by atoms with Crippen LogP contribution in [0.25, 0.3) is 0 Å². The summed E-state index contributed by atoms with van der Waals surface area (Å²) in [5.41, 5.74) is 2.50. The van der Waals surface area contributed by atoms with Gasteiger partial charge in [0.15, 0.2) is 0 Å². The lowest BCUT2D eigenvalue weighted by atomic mass is 10.1. The molecular formula is C37H75N3O5. The smallest absolute Gasteiger partial charge is 0.123 e. The number of aliphatic hydroxyl groups is 2. The van der Waals surface area contributed by atoms with Crippen LogP contribution in [0.3, 0.4) is 0 Å². The van der Waals surface area contributed by atoms with Gasteiger partial charge in [0, 0.05) is 44.9 Å². The summed E-state index contributed by atoms with van der Waals surface area (Å²) in [4.78, 5) is 4.41. The Morgan fingerprint density at radius 2 is 1.64 bits per heavy atom. The van der Waals surface area contributed by atoms with Crippen molar-refractivity contribution in [1.29, 1.82) is 0 Å². The molecular weight excluding hydrogens is 566 g/mol. The summed E-state index contributed by atoms with van der Waals surface area (Å²) in [6.07, 6.45) is 19.6. The molecule has 2 atom stereocenters. The van der Waals surface area contributed by atoms with Crippen LogP contribution in [0.4, 0.5) is 0 Å². The maximum absolute atomic E-state index is 9.89. The highest BCUT2D eigenvalue weighted by molar-refractivity contribution is 5.38. The minimum Gasteiger partial charge on any atom is -0.505 e. The molecule has 1 unspecified atom stereocenters. The zero-order valence-electron chi connectivity index (χ0n) is 31.7. The number of unbranched alkanes of at least 4 members (excludes halogenated alkanes) is 2. The van der Waals surface area contributed by atoms with Crippen LogP contribution in [0.1, 0.15) is 94.4 Å². The van der Waals surface area contributed by atoms with E-state index in [1.165, 1.54) is 24.0 Å². The monoisotopic (exact) mass is 642 g/mol. The van der Waals surface area contributed by atoms with Crippen molar-refractivity contribution in [3.05, 3.63) is 59.8 Å². The fourth-order valence-electron chi connectivity index (χ4n) is 4.18. The van der Waals surface area contributed by atoms with E-state index in [9.17, 15) is 5.11 Å². The van der Waals surface area contributed by atoms with E-state index in [0.29, 0.717) is 5.92 Å². The van der Waals surface area contributed by atoms with Gasteiger partial charge in [-0.1, -0.05) is 86.5 Å². The third-order valence-electron chi connectivity index (χ3n) is 6.33. The number of nitrogens with one attached hydrogen (secondary N) is 1. The highest BCUT2D eigenvalue weighted by Gasteiger charge is 2.17. The Balaban J connectivity index is -0.000000604. The number of hydrogen-bond donors (Lipinski definition) is 3. The van der Waals surface area contributed by atoms with Crippen molar-refractivity contribution in [3.63, 3.8) is 0 Å². The van der Waals surface area contributed by atoms with Gasteiger partial charge in [0.2, 0.25) is 0 Å². The van der Waals surface area contributed by atoms with Gasteiger partial charge in [0.05, 0.1) is 40.1 Å². The molecule has 0 aromatic rings. The molecule has 0 fully saturated rings. The molecule has 8 nitrogen and oxygen atoms in total. The summed E-state index contributed by atoms with van der Waals surface area (Å²) < 4.78 is 15.9. The van der Waals surface area contributed by atoms with Gasteiger partial charge in [-0.2, -0.15) is 0 Å². The summed E-state index contributed by atoms with van der Waals surface area (Å²) in [6, 6.07) is 0.128. The summed E-state index contributed by atoms with van der Waals surface area (Å²) >= 11 is 0. The van der Waals surface area contributed by atoms with E-state index in [-0.39, 0.29) is 12.8 Å². The fraction of sp³-hybridized carbons (Fsp3) is 0.730. The van der Waals surface area contributed by atoms with Gasteiger partial charge in [-0.05, 0) is 63.4 Å². The van der Waals surface area contributed by atoms with Gasteiger partial charge in [-0.25, -0.2) is 0 Å². The first kappa shape index (κ1) is 49.8. The van der Waals surface area contributed by atoms with Gasteiger partial charge >= 0.3 is 0 Å². The quantitative estimate of drug-likeness (QED) is 0.0715. The number of methoxy groups -OCH3 is 2. The normalized spacial score (nSPS) is 13.8. The lowest BCUT2D eigenvalue weighted by molar-refractivity contribution is 0.0705. The predicted molar refractivity (Wildman–Crippen MR) is 196 cm³/mol. The van der Waals surface area contributed by atoms with Crippen molar-refractivity contribution in [2.45, 2.75) is 100 Å². The number of nitrogens with zero attached hydrogens (tertiary/aromatic N) is 2. The first-order valence-electron chi connectivity index (χ1n) is 17.2. The zero-order chi connectivity index (χ0) is 35.3. The van der Waals surface area contributed by atoms with E-state index < -0.39 is 0 Å². The third-order valence-corrected chi connectivity index (χ3v) is 6.33. The molecule has 0 saturated carbocycles. The molecule has 0 aromatic carbocycles. The van der Waals surface area contributed by atoms with Crippen molar-refractivity contribution in [1.82, 2.24) is 15.1 Å². The molecule has 0 amide bonds. The Hall–Kier alpha value is -2.10. The highest BCUT2D eigenvalue weighted by atomic mass is 16.5. The molecule has 0 heterocycles. The molecule has 268 valence electrons. The maximum atomic E-state index is 9.89. The lowest BCUT2D eigenvalue weighted by Gasteiger charge is -2.30.